The zero-order chi connectivity index (χ0) is 30.7. The van der Waals surface area contributed by atoms with Gasteiger partial charge in [0.15, 0.2) is 17.0 Å². The predicted octanol–water partition coefficient (Wildman–Crippen LogP) is 6.71. The van der Waals surface area contributed by atoms with Gasteiger partial charge in [0.2, 0.25) is 5.95 Å². The van der Waals surface area contributed by atoms with E-state index in [0.717, 1.165) is 107 Å². The topological polar surface area (TPSA) is 106 Å². The number of nitrogens with two attached hydrogens (primary N) is 1. The first kappa shape index (κ1) is 32.2. The molecule has 3 aromatic rings. The molecule has 1 aromatic carbocycles. The van der Waals surface area contributed by atoms with Crippen molar-refractivity contribution in [2.45, 2.75) is 127 Å². The summed E-state index contributed by atoms with van der Waals surface area (Å²) in [6, 6.07) is 12.4. The summed E-state index contributed by atoms with van der Waals surface area (Å²) >= 11 is 0. The number of nitrogens with one attached hydrogen (secondary N) is 2. The Bertz CT molecular complexity index is 1280. The lowest BCUT2D eigenvalue weighted by Gasteiger charge is -2.32. The molecule has 0 unspecified atom stereocenters. The molecule has 2 saturated carbocycles. The summed E-state index contributed by atoms with van der Waals surface area (Å²) in [5.41, 5.74) is 9.49. The Labute approximate surface area is 270 Å². The summed E-state index contributed by atoms with van der Waals surface area (Å²) in [6.07, 6.45) is 20.7. The maximum atomic E-state index is 6.18. The number of hydrogen-bond acceptors (Lipinski definition) is 8. The highest BCUT2D eigenvalue weighted by Crippen LogP contribution is 2.34. The van der Waals surface area contributed by atoms with Gasteiger partial charge in [-0.2, -0.15) is 9.97 Å². The molecule has 4 N–H and O–H groups in total. The number of benzene rings is 1. The number of likely N-dealkylation sites (tertiary alicyclic amines) is 1. The van der Waals surface area contributed by atoms with E-state index in [1.54, 1.807) is 0 Å². The average molecular weight is 617 g/mol. The van der Waals surface area contributed by atoms with Gasteiger partial charge in [0.05, 0.1) is 6.33 Å². The van der Waals surface area contributed by atoms with Crippen molar-refractivity contribution >= 4 is 22.9 Å². The summed E-state index contributed by atoms with van der Waals surface area (Å²) < 4.78 is 8.21. The van der Waals surface area contributed by atoms with Gasteiger partial charge in [-0.25, -0.2) is 4.98 Å². The lowest BCUT2D eigenvalue weighted by molar-refractivity contribution is 0.125. The molecule has 246 valence electrons. The fourth-order valence-electron chi connectivity index (χ4n) is 7.47. The molecule has 3 fully saturated rings. The number of hydrogen-bond donors (Lipinski definition) is 3. The van der Waals surface area contributed by atoms with E-state index >= 15 is 0 Å². The van der Waals surface area contributed by atoms with Crippen LogP contribution in [0.3, 0.4) is 0 Å². The number of aryl methyl sites for hydroxylation is 1. The first-order valence-electron chi connectivity index (χ1n) is 18.1. The summed E-state index contributed by atoms with van der Waals surface area (Å²) in [4.78, 5) is 17.5. The molecule has 0 spiro atoms. The number of aromatic nitrogens is 4. The van der Waals surface area contributed by atoms with Crippen LogP contribution in [0.2, 0.25) is 0 Å². The van der Waals surface area contributed by atoms with E-state index in [2.05, 4.69) is 50.4 Å². The SMILES string of the molecule is NC1CCC(Nc2nc(NC3CCN(CCCCCOCCCCc4ccccc4)CC3)nc3c2ncn3C2CCCC2)CC1. The monoisotopic (exact) mass is 616 g/mol. The van der Waals surface area contributed by atoms with Gasteiger partial charge in [-0.15, -0.1) is 0 Å². The number of rotatable bonds is 16. The van der Waals surface area contributed by atoms with Gasteiger partial charge in [0.25, 0.3) is 0 Å². The molecule has 0 amide bonds. The predicted molar refractivity (Wildman–Crippen MR) is 184 cm³/mol. The van der Waals surface area contributed by atoms with Crippen LogP contribution in [0, 0.1) is 0 Å². The van der Waals surface area contributed by atoms with Gasteiger partial charge in [-0.05, 0) is 102 Å². The van der Waals surface area contributed by atoms with Crippen molar-refractivity contribution in [3.8, 4) is 0 Å². The van der Waals surface area contributed by atoms with Gasteiger partial charge in [-0.1, -0.05) is 43.2 Å². The number of unbranched alkanes of at least 4 members (excludes halogenated alkanes) is 3. The number of ether oxygens (including phenoxy) is 1. The smallest absolute Gasteiger partial charge is 0.227 e. The largest absolute Gasteiger partial charge is 0.381 e. The van der Waals surface area contributed by atoms with E-state index in [-0.39, 0.29) is 0 Å². The van der Waals surface area contributed by atoms with Crippen molar-refractivity contribution in [2.24, 2.45) is 5.73 Å². The van der Waals surface area contributed by atoms with Gasteiger partial charge >= 0.3 is 0 Å². The second-order valence-electron chi connectivity index (χ2n) is 13.8. The van der Waals surface area contributed by atoms with E-state index < -0.39 is 0 Å². The van der Waals surface area contributed by atoms with Crippen LogP contribution >= 0.6 is 0 Å². The summed E-state index contributed by atoms with van der Waals surface area (Å²) in [6.45, 7) is 5.23. The van der Waals surface area contributed by atoms with Crippen LogP contribution in [-0.2, 0) is 11.2 Å². The minimum absolute atomic E-state index is 0.331. The van der Waals surface area contributed by atoms with Crippen molar-refractivity contribution in [1.82, 2.24) is 24.4 Å². The minimum atomic E-state index is 0.331. The minimum Gasteiger partial charge on any atom is -0.381 e. The number of anilines is 2. The molecule has 2 aliphatic carbocycles. The molecule has 9 nitrogen and oxygen atoms in total. The first-order chi connectivity index (χ1) is 22.2. The molecule has 6 rings (SSSR count). The molecule has 9 heteroatoms. The highest BCUT2D eigenvalue weighted by molar-refractivity contribution is 5.84. The van der Waals surface area contributed by atoms with Gasteiger partial charge < -0.3 is 30.6 Å². The van der Waals surface area contributed by atoms with Crippen LogP contribution < -0.4 is 16.4 Å². The molecule has 3 aliphatic rings. The zero-order valence-corrected chi connectivity index (χ0v) is 27.3. The van der Waals surface area contributed by atoms with Crippen molar-refractivity contribution in [3.63, 3.8) is 0 Å². The second-order valence-corrected chi connectivity index (χ2v) is 13.8. The van der Waals surface area contributed by atoms with E-state index in [0.29, 0.717) is 24.2 Å². The molecule has 0 radical (unpaired) electrons. The molecule has 1 saturated heterocycles. The highest BCUT2D eigenvalue weighted by Gasteiger charge is 2.26. The fraction of sp³-hybridized carbons (Fsp3) is 0.694. The lowest BCUT2D eigenvalue weighted by atomic mass is 9.92. The molecule has 3 heterocycles. The van der Waals surface area contributed by atoms with Crippen LogP contribution in [0.15, 0.2) is 36.7 Å². The maximum absolute atomic E-state index is 6.18. The van der Waals surface area contributed by atoms with E-state index in [4.69, 9.17) is 25.4 Å². The third-order valence-electron chi connectivity index (χ3n) is 10.3. The van der Waals surface area contributed by atoms with Crippen LogP contribution in [0.5, 0.6) is 0 Å². The Hall–Kier alpha value is -2.75. The molecule has 0 atom stereocenters. The van der Waals surface area contributed by atoms with Crippen molar-refractivity contribution in [1.29, 1.82) is 0 Å². The average Bonchev–Trinajstić information content (AvgIpc) is 3.75. The van der Waals surface area contributed by atoms with E-state index in [1.165, 1.54) is 57.1 Å². The van der Waals surface area contributed by atoms with Crippen molar-refractivity contribution < 1.29 is 4.74 Å². The summed E-state index contributed by atoms with van der Waals surface area (Å²) in [5.74, 6) is 1.63. The van der Waals surface area contributed by atoms with Crippen LogP contribution in [0.1, 0.15) is 108 Å². The quantitative estimate of drug-likeness (QED) is 0.153. The molecule has 0 bridgehead atoms. The van der Waals surface area contributed by atoms with Crippen LogP contribution in [0.4, 0.5) is 11.8 Å². The lowest BCUT2D eigenvalue weighted by Crippen LogP contribution is -2.39. The van der Waals surface area contributed by atoms with Crippen LogP contribution in [-0.4, -0.2) is 75.4 Å². The summed E-state index contributed by atoms with van der Waals surface area (Å²) in [7, 11) is 0. The zero-order valence-electron chi connectivity index (χ0n) is 27.3. The van der Waals surface area contributed by atoms with E-state index in [9.17, 15) is 0 Å². The Morgan fingerprint density at radius 3 is 2.29 bits per heavy atom. The molecule has 2 aromatic heterocycles. The highest BCUT2D eigenvalue weighted by atomic mass is 16.5. The summed E-state index contributed by atoms with van der Waals surface area (Å²) in [5, 5.41) is 7.48. The number of imidazole rings is 1. The molecule has 1 aliphatic heterocycles. The molecular formula is C36H56N8O. The van der Waals surface area contributed by atoms with Crippen molar-refractivity contribution in [2.75, 3.05) is 43.5 Å². The normalized spacial score (nSPS) is 21.9. The first-order valence-corrected chi connectivity index (χ1v) is 18.1. The number of nitrogens with zero attached hydrogens (tertiary/aromatic N) is 5. The standard InChI is InChI=1S/C36H56N8O/c37-29-16-18-30(19-17-29)39-34-33-35(44(27-38-33)32-14-5-6-15-32)42-36(41-34)40-31-20-23-43(24-21-31)22-8-2-9-25-45-26-10-7-13-28-11-3-1-4-12-28/h1,3-4,11-12,27,29-32H,2,5-10,13-26,37H2,(H2,39,40,41,42). The number of piperidine rings is 1. The third-order valence-corrected chi connectivity index (χ3v) is 10.3. The van der Waals surface area contributed by atoms with Gasteiger partial charge in [0, 0.05) is 50.5 Å². The van der Waals surface area contributed by atoms with E-state index in [1.807, 2.05) is 6.33 Å². The second kappa shape index (κ2) is 16.7. The molecular weight excluding hydrogens is 560 g/mol. The van der Waals surface area contributed by atoms with Gasteiger partial charge in [0.1, 0.15) is 0 Å². The Kier molecular flexibility index (Phi) is 12.0. The Morgan fingerprint density at radius 2 is 1.51 bits per heavy atom. The number of fused-ring (bicyclic) bond motifs is 1. The molecule has 45 heavy (non-hydrogen) atoms. The van der Waals surface area contributed by atoms with Crippen molar-refractivity contribution in [3.05, 3.63) is 42.2 Å². The maximum Gasteiger partial charge on any atom is 0.227 e. The van der Waals surface area contributed by atoms with Gasteiger partial charge in [-0.3, -0.25) is 0 Å². The Balaban J connectivity index is 0.918. The third kappa shape index (κ3) is 9.39. The van der Waals surface area contributed by atoms with Crippen LogP contribution in [0.25, 0.3) is 11.2 Å². The fourth-order valence-corrected chi connectivity index (χ4v) is 7.47. The Morgan fingerprint density at radius 1 is 0.778 bits per heavy atom.